The third kappa shape index (κ3) is 6.28. The first-order valence-corrected chi connectivity index (χ1v) is 8.14. The van der Waals surface area contributed by atoms with Crippen LogP contribution in [0, 0.1) is 0 Å². The van der Waals surface area contributed by atoms with Crippen molar-refractivity contribution in [1.29, 1.82) is 0 Å². The van der Waals surface area contributed by atoms with E-state index in [4.69, 9.17) is 17.0 Å². The van der Waals surface area contributed by atoms with Gasteiger partial charge in [-0.3, -0.25) is 0 Å². The molecule has 4 nitrogen and oxygen atoms in total. The molecule has 0 bridgehead atoms. The van der Waals surface area contributed by atoms with Crippen LogP contribution in [0.15, 0.2) is 54.6 Å². The Morgan fingerprint density at radius 2 is 1.68 bits per heavy atom. The van der Waals surface area contributed by atoms with Crippen LogP contribution in [0.2, 0.25) is 0 Å². The minimum absolute atomic E-state index is 0.117. The molecule has 0 unspecified atom stereocenters. The van der Waals surface area contributed by atoms with Crippen LogP contribution < -0.4 is 15.4 Å². The van der Waals surface area contributed by atoms with Crippen molar-refractivity contribution in [2.75, 3.05) is 20.3 Å². The van der Waals surface area contributed by atoms with Gasteiger partial charge in [-0.1, -0.05) is 42.5 Å². The van der Waals surface area contributed by atoms with E-state index in [0.717, 1.165) is 11.1 Å². The standard InChI is InChI=1S/C18H20F2N2O2S/c1-23-12-11-21-18(25)22-16(13-5-3-2-4-6-13)14-7-9-15(10-8-14)24-17(19)20/h2-10,16-17H,11-12H2,1H3,(H2,21,22,25)/t16-/m1/s1. The second-order valence-electron chi connectivity index (χ2n) is 5.18. The van der Waals surface area contributed by atoms with Crippen LogP contribution >= 0.6 is 12.2 Å². The molecule has 0 aromatic heterocycles. The Morgan fingerprint density at radius 1 is 1.04 bits per heavy atom. The number of halogens is 2. The topological polar surface area (TPSA) is 42.5 Å². The fraction of sp³-hybridized carbons (Fsp3) is 0.278. The van der Waals surface area contributed by atoms with Crippen LogP contribution in [0.4, 0.5) is 8.78 Å². The second kappa shape index (κ2) is 9.90. The monoisotopic (exact) mass is 366 g/mol. The van der Waals surface area contributed by atoms with Crippen molar-refractivity contribution < 1.29 is 18.3 Å². The van der Waals surface area contributed by atoms with Crippen molar-refractivity contribution in [3.63, 3.8) is 0 Å². The smallest absolute Gasteiger partial charge is 0.387 e. The highest BCUT2D eigenvalue weighted by molar-refractivity contribution is 7.80. The van der Waals surface area contributed by atoms with Crippen LogP contribution in [0.3, 0.4) is 0 Å². The Bertz CT molecular complexity index is 654. The van der Waals surface area contributed by atoms with Gasteiger partial charge in [-0.15, -0.1) is 0 Å². The molecule has 2 aromatic rings. The van der Waals surface area contributed by atoms with Crippen molar-refractivity contribution in [3.8, 4) is 5.75 Å². The van der Waals surface area contributed by atoms with Crippen molar-refractivity contribution in [2.45, 2.75) is 12.7 Å². The third-order valence-electron chi connectivity index (χ3n) is 3.44. The molecule has 0 saturated heterocycles. The lowest BCUT2D eigenvalue weighted by Crippen LogP contribution is -2.39. The van der Waals surface area contributed by atoms with E-state index in [2.05, 4.69) is 15.4 Å². The van der Waals surface area contributed by atoms with Gasteiger partial charge in [-0.25, -0.2) is 0 Å². The maximum Gasteiger partial charge on any atom is 0.387 e. The Balaban J connectivity index is 2.15. The molecule has 0 spiro atoms. The average Bonchev–Trinajstić information content (AvgIpc) is 2.61. The molecule has 1 atom stereocenters. The van der Waals surface area contributed by atoms with Gasteiger partial charge in [0.25, 0.3) is 0 Å². The van der Waals surface area contributed by atoms with Crippen LogP contribution in [-0.2, 0) is 4.74 Å². The first-order chi connectivity index (χ1) is 12.1. The highest BCUT2D eigenvalue weighted by Gasteiger charge is 2.15. The largest absolute Gasteiger partial charge is 0.435 e. The van der Waals surface area contributed by atoms with E-state index in [1.54, 1.807) is 19.2 Å². The van der Waals surface area contributed by atoms with Crippen molar-refractivity contribution in [2.24, 2.45) is 0 Å². The van der Waals surface area contributed by atoms with E-state index in [1.807, 2.05) is 30.3 Å². The zero-order valence-corrected chi connectivity index (χ0v) is 14.6. The minimum atomic E-state index is -2.84. The van der Waals surface area contributed by atoms with Crippen molar-refractivity contribution >= 4 is 17.3 Å². The van der Waals surface area contributed by atoms with E-state index in [0.29, 0.717) is 18.3 Å². The molecular weight excluding hydrogens is 346 g/mol. The zero-order valence-electron chi connectivity index (χ0n) is 13.7. The number of hydrogen-bond acceptors (Lipinski definition) is 3. The summed E-state index contributed by atoms with van der Waals surface area (Å²) in [5.74, 6) is 0.117. The summed E-state index contributed by atoms with van der Waals surface area (Å²) < 4.78 is 34.0. The fourth-order valence-corrected chi connectivity index (χ4v) is 2.51. The van der Waals surface area contributed by atoms with E-state index in [-0.39, 0.29) is 11.8 Å². The summed E-state index contributed by atoms with van der Waals surface area (Å²) in [6.45, 7) is -1.71. The molecule has 0 amide bonds. The summed E-state index contributed by atoms with van der Waals surface area (Å²) >= 11 is 5.32. The highest BCUT2D eigenvalue weighted by atomic mass is 32.1. The predicted octanol–water partition coefficient (Wildman–Crippen LogP) is 3.49. The van der Waals surface area contributed by atoms with Crippen molar-refractivity contribution in [3.05, 3.63) is 65.7 Å². The third-order valence-corrected chi connectivity index (χ3v) is 3.70. The van der Waals surface area contributed by atoms with Gasteiger partial charge in [0.05, 0.1) is 12.6 Å². The number of alkyl halides is 2. The molecule has 134 valence electrons. The van der Waals surface area contributed by atoms with E-state index in [9.17, 15) is 8.78 Å². The summed E-state index contributed by atoms with van der Waals surface area (Å²) in [7, 11) is 1.62. The molecule has 0 saturated carbocycles. The number of hydrogen-bond donors (Lipinski definition) is 2. The van der Waals surface area contributed by atoms with Gasteiger partial charge >= 0.3 is 6.61 Å². The molecule has 2 N–H and O–H groups in total. The molecule has 0 aliphatic rings. The van der Waals surface area contributed by atoms with Gasteiger partial charge in [0.1, 0.15) is 5.75 Å². The first kappa shape index (κ1) is 19.1. The molecule has 2 rings (SSSR count). The second-order valence-corrected chi connectivity index (χ2v) is 5.59. The SMILES string of the molecule is COCCNC(=S)N[C@H](c1ccccc1)c1ccc(OC(F)F)cc1. The molecular formula is C18H20F2N2O2S. The van der Waals surface area contributed by atoms with E-state index >= 15 is 0 Å². The average molecular weight is 366 g/mol. The molecule has 0 heterocycles. The lowest BCUT2D eigenvalue weighted by Gasteiger charge is -2.22. The predicted molar refractivity (Wildman–Crippen MR) is 97.0 cm³/mol. The van der Waals surface area contributed by atoms with Crippen LogP contribution in [0.5, 0.6) is 5.75 Å². The Morgan fingerprint density at radius 3 is 2.28 bits per heavy atom. The van der Waals surface area contributed by atoms with Gasteiger partial charge < -0.3 is 20.1 Å². The number of rotatable bonds is 8. The maximum atomic E-state index is 12.3. The minimum Gasteiger partial charge on any atom is -0.435 e. The summed E-state index contributed by atoms with van der Waals surface area (Å²) in [6.07, 6.45) is 0. The van der Waals surface area contributed by atoms with Crippen molar-refractivity contribution in [1.82, 2.24) is 10.6 Å². The Labute approximate surface area is 151 Å². The van der Waals surface area contributed by atoms with Gasteiger partial charge in [0.2, 0.25) is 0 Å². The van der Waals surface area contributed by atoms with Gasteiger partial charge in [0.15, 0.2) is 5.11 Å². The molecule has 0 aliphatic carbocycles. The lowest BCUT2D eigenvalue weighted by molar-refractivity contribution is -0.0498. The van der Waals surface area contributed by atoms with Crippen LogP contribution in [0.25, 0.3) is 0 Å². The Kier molecular flexibility index (Phi) is 7.56. The first-order valence-electron chi connectivity index (χ1n) is 7.73. The molecule has 2 aromatic carbocycles. The van der Waals surface area contributed by atoms with Crippen LogP contribution in [-0.4, -0.2) is 32.0 Å². The number of ether oxygens (including phenoxy) is 2. The van der Waals surface area contributed by atoms with Gasteiger partial charge in [-0.05, 0) is 35.5 Å². The summed E-state index contributed by atoms with van der Waals surface area (Å²) in [5.41, 5.74) is 1.88. The molecule has 0 aliphatic heterocycles. The highest BCUT2D eigenvalue weighted by Crippen LogP contribution is 2.24. The molecule has 0 fully saturated rings. The van der Waals surface area contributed by atoms with E-state index < -0.39 is 6.61 Å². The van der Waals surface area contributed by atoms with E-state index in [1.165, 1.54) is 12.1 Å². The molecule has 7 heteroatoms. The summed E-state index contributed by atoms with van der Waals surface area (Å²) in [5, 5.41) is 6.79. The fourth-order valence-electron chi connectivity index (χ4n) is 2.30. The lowest BCUT2D eigenvalue weighted by atomic mass is 9.99. The number of thiocarbonyl (C=S) groups is 1. The van der Waals surface area contributed by atoms with Crippen LogP contribution in [0.1, 0.15) is 17.2 Å². The number of nitrogens with one attached hydrogen (secondary N) is 2. The number of benzene rings is 2. The zero-order chi connectivity index (χ0) is 18.1. The molecule has 25 heavy (non-hydrogen) atoms. The van der Waals surface area contributed by atoms with Gasteiger partial charge in [0, 0.05) is 13.7 Å². The normalized spacial score (nSPS) is 11.8. The number of methoxy groups -OCH3 is 1. The summed E-state index contributed by atoms with van der Waals surface area (Å²) in [4.78, 5) is 0. The molecule has 0 radical (unpaired) electrons. The maximum absolute atomic E-state index is 12.3. The Hall–Kier alpha value is -2.25. The summed E-state index contributed by atoms with van der Waals surface area (Å²) in [6, 6.07) is 16.0. The quantitative estimate of drug-likeness (QED) is 0.553. The van der Waals surface area contributed by atoms with Gasteiger partial charge in [-0.2, -0.15) is 8.78 Å².